The van der Waals surface area contributed by atoms with Crippen LogP contribution in [0.3, 0.4) is 0 Å². The molecule has 0 saturated carbocycles. The van der Waals surface area contributed by atoms with E-state index in [0.717, 1.165) is 32.4 Å². The van der Waals surface area contributed by atoms with E-state index in [0.29, 0.717) is 17.9 Å². The molecule has 2 nitrogen and oxygen atoms in total. The predicted molar refractivity (Wildman–Crippen MR) is 80.3 cm³/mol. The van der Waals surface area contributed by atoms with Crippen molar-refractivity contribution in [2.75, 3.05) is 13.2 Å². The quantitative estimate of drug-likeness (QED) is 0.829. The van der Waals surface area contributed by atoms with Crippen LogP contribution in [0, 0.1) is 17.6 Å². The molecule has 118 valence electrons. The highest BCUT2D eigenvalue weighted by Gasteiger charge is 2.33. The average Bonchev–Trinajstić information content (AvgIpc) is 2.95. The molecular formula is C17H25F2NO. The summed E-state index contributed by atoms with van der Waals surface area (Å²) in [4.78, 5) is 0. The number of rotatable bonds is 7. The molecule has 1 aromatic carbocycles. The Bertz CT molecular complexity index is 452. The van der Waals surface area contributed by atoms with Crippen molar-refractivity contribution in [2.45, 2.75) is 51.7 Å². The van der Waals surface area contributed by atoms with Gasteiger partial charge in [0.2, 0.25) is 0 Å². The summed E-state index contributed by atoms with van der Waals surface area (Å²) in [6.45, 7) is 5.87. The first kappa shape index (κ1) is 16.4. The maximum absolute atomic E-state index is 13.9. The minimum atomic E-state index is -0.379. The molecule has 0 amide bonds. The molecule has 1 aliphatic rings. The van der Waals surface area contributed by atoms with Gasteiger partial charge in [-0.05, 0) is 56.0 Å². The van der Waals surface area contributed by atoms with Gasteiger partial charge in [0, 0.05) is 18.6 Å². The van der Waals surface area contributed by atoms with E-state index in [1.54, 1.807) is 0 Å². The first-order valence-electron chi connectivity index (χ1n) is 7.94. The summed E-state index contributed by atoms with van der Waals surface area (Å²) in [5, 5.41) is 3.50. The molecule has 21 heavy (non-hydrogen) atoms. The SMILES string of the molecule is CCCNC(Cc1cc(F)ccc1F)C1CCOC1CC. The van der Waals surface area contributed by atoms with Gasteiger partial charge in [-0.3, -0.25) is 0 Å². The van der Waals surface area contributed by atoms with Crippen molar-refractivity contribution in [3.8, 4) is 0 Å². The molecule has 0 radical (unpaired) electrons. The average molecular weight is 297 g/mol. The van der Waals surface area contributed by atoms with Crippen LogP contribution in [0.15, 0.2) is 18.2 Å². The summed E-state index contributed by atoms with van der Waals surface area (Å²) >= 11 is 0. The van der Waals surface area contributed by atoms with Gasteiger partial charge in [-0.2, -0.15) is 0 Å². The van der Waals surface area contributed by atoms with Crippen LogP contribution in [-0.2, 0) is 11.2 Å². The summed E-state index contributed by atoms with van der Waals surface area (Å²) < 4.78 is 33.0. The van der Waals surface area contributed by atoms with E-state index in [1.165, 1.54) is 18.2 Å². The van der Waals surface area contributed by atoms with Gasteiger partial charge in [0.25, 0.3) is 0 Å². The standard InChI is InChI=1S/C17H25F2NO/c1-3-8-20-16(14-7-9-21-17(14)4-2)11-12-10-13(18)5-6-15(12)19/h5-6,10,14,16-17,20H,3-4,7-9,11H2,1-2H3. The fraction of sp³-hybridized carbons (Fsp3) is 0.647. The van der Waals surface area contributed by atoms with E-state index in [4.69, 9.17) is 4.74 Å². The van der Waals surface area contributed by atoms with E-state index >= 15 is 0 Å². The number of hydrogen-bond acceptors (Lipinski definition) is 2. The van der Waals surface area contributed by atoms with Crippen LogP contribution in [0.2, 0.25) is 0 Å². The molecule has 0 spiro atoms. The molecule has 1 N–H and O–H groups in total. The van der Waals surface area contributed by atoms with Crippen LogP contribution in [0.1, 0.15) is 38.7 Å². The van der Waals surface area contributed by atoms with Crippen LogP contribution in [0.5, 0.6) is 0 Å². The fourth-order valence-electron chi connectivity index (χ4n) is 3.19. The van der Waals surface area contributed by atoms with Gasteiger partial charge >= 0.3 is 0 Å². The van der Waals surface area contributed by atoms with Gasteiger partial charge in [-0.1, -0.05) is 13.8 Å². The Kier molecular flexibility index (Phi) is 6.12. The van der Waals surface area contributed by atoms with Gasteiger partial charge in [-0.25, -0.2) is 8.78 Å². The highest BCUT2D eigenvalue weighted by Crippen LogP contribution is 2.29. The smallest absolute Gasteiger partial charge is 0.126 e. The number of hydrogen-bond donors (Lipinski definition) is 1. The summed E-state index contributed by atoms with van der Waals surface area (Å²) in [6.07, 6.45) is 3.69. The maximum Gasteiger partial charge on any atom is 0.126 e. The van der Waals surface area contributed by atoms with Gasteiger partial charge in [-0.15, -0.1) is 0 Å². The zero-order valence-electron chi connectivity index (χ0n) is 12.9. The lowest BCUT2D eigenvalue weighted by atomic mass is 9.87. The van der Waals surface area contributed by atoms with Crippen molar-refractivity contribution < 1.29 is 13.5 Å². The third-order valence-corrected chi connectivity index (χ3v) is 4.28. The van der Waals surface area contributed by atoms with E-state index in [9.17, 15) is 8.78 Å². The zero-order valence-corrected chi connectivity index (χ0v) is 12.9. The number of ether oxygens (including phenoxy) is 1. The van der Waals surface area contributed by atoms with E-state index in [-0.39, 0.29) is 23.8 Å². The van der Waals surface area contributed by atoms with Crippen molar-refractivity contribution in [1.82, 2.24) is 5.32 Å². The Morgan fingerprint density at radius 1 is 1.33 bits per heavy atom. The highest BCUT2D eigenvalue weighted by atomic mass is 19.1. The first-order chi connectivity index (χ1) is 10.2. The maximum atomic E-state index is 13.9. The third-order valence-electron chi connectivity index (χ3n) is 4.28. The topological polar surface area (TPSA) is 21.3 Å². The minimum Gasteiger partial charge on any atom is -0.378 e. The lowest BCUT2D eigenvalue weighted by Crippen LogP contribution is -2.42. The van der Waals surface area contributed by atoms with Crippen molar-refractivity contribution in [3.05, 3.63) is 35.4 Å². The molecule has 1 heterocycles. The van der Waals surface area contributed by atoms with Gasteiger partial charge in [0.05, 0.1) is 6.10 Å². The molecule has 1 aromatic rings. The molecule has 2 rings (SSSR count). The number of benzene rings is 1. The minimum absolute atomic E-state index is 0.133. The molecule has 1 saturated heterocycles. The van der Waals surface area contributed by atoms with Crippen LogP contribution in [0.4, 0.5) is 8.78 Å². The van der Waals surface area contributed by atoms with Gasteiger partial charge < -0.3 is 10.1 Å². The number of nitrogens with one attached hydrogen (secondary N) is 1. The molecule has 4 heteroatoms. The molecule has 3 unspecified atom stereocenters. The van der Waals surface area contributed by atoms with Crippen molar-refractivity contribution in [2.24, 2.45) is 5.92 Å². The second-order valence-electron chi connectivity index (χ2n) is 5.77. The second kappa shape index (κ2) is 7.85. The van der Waals surface area contributed by atoms with Gasteiger partial charge in [0.1, 0.15) is 11.6 Å². The Labute approximate surface area is 125 Å². The van der Waals surface area contributed by atoms with Gasteiger partial charge in [0.15, 0.2) is 0 Å². The lowest BCUT2D eigenvalue weighted by molar-refractivity contribution is 0.0773. The van der Waals surface area contributed by atoms with Crippen LogP contribution in [0.25, 0.3) is 0 Å². The van der Waals surface area contributed by atoms with E-state index in [2.05, 4.69) is 19.2 Å². The van der Waals surface area contributed by atoms with Crippen LogP contribution < -0.4 is 5.32 Å². The molecule has 1 fully saturated rings. The summed E-state index contributed by atoms with van der Waals surface area (Å²) in [5.74, 6) is -0.341. The summed E-state index contributed by atoms with van der Waals surface area (Å²) in [6, 6.07) is 3.83. The largest absolute Gasteiger partial charge is 0.378 e. The normalized spacial score (nSPS) is 23.4. The van der Waals surface area contributed by atoms with Crippen LogP contribution in [-0.4, -0.2) is 25.3 Å². The second-order valence-corrected chi connectivity index (χ2v) is 5.77. The Hall–Kier alpha value is -1.00. The monoisotopic (exact) mass is 297 g/mol. The molecule has 3 atom stereocenters. The zero-order chi connectivity index (χ0) is 15.2. The molecule has 0 aliphatic carbocycles. The Morgan fingerprint density at radius 2 is 2.14 bits per heavy atom. The molecular weight excluding hydrogens is 272 g/mol. The first-order valence-corrected chi connectivity index (χ1v) is 7.94. The van der Waals surface area contributed by atoms with Crippen LogP contribution >= 0.6 is 0 Å². The Morgan fingerprint density at radius 3 is 2.86 bits per heavy atom. The fourth-order valence-corrected chi connectivity index (χ4v) is 3.19. The predicted octanol–water partition coefficient (Wildman–Crippen LogP) is 3.69. The summed E-state index contributed by atoms with van der Waals surface area (Å²) in [5.41, 5.74) is 0.449. The molecule has 1 aliphatic heterocycles. The van der Waals surface area contributed by atoms with E-state index in [1.807, 2.05) is 0 Å². The van der Waals surface area contributed by atoms with E-state index < -0.39 is 0 Å². The highest BCUT2D eigenvalue weighted by molar-refractivity contribution is 5.20. The molecule has 0 bridgehead atoms. The summed E-state index contributed by atoms with van der Waals surface area (Å²) in [7, 11) is 0. The number of halogens is 2. The van der Waals surface area contributed by atoms with Crippen molar-refractivity contribution in [3.63, 3.8) is 0 Å². The lowest BCUT2D eigenvalue weighted by Gasteiger charge is -2.28. The molecule has 0 aromatic heterocycles. The Balaban J connectivity index is 2.13. The van der Waals surface area contributed by atoms with Crippen molar-refractivity contribution in [1.29, 1.82) is 0 Å². The third kappa shape index (κ3) is 4.24. The van der Waals surface area contributed by atoms with Crippen molar-refractivity contribution >= 4 is 0 Å².